The fourth-order valence-corrected chi connectivity index (χ4v) is 4.78. The molecule has 0 N–H and O–H groups in total. The van der Waals surface area contributed by atoms with E-state index in [1.165, 1.54) is 30.6 Å². The van der Waals surface area contributed by atoms with Gasteiger partial charge in [-0.3, -0.25) is 0 Å². The molecule has 1 aromatic rings. The van der Waals surface area contributed by atoms with Crippen LogP contribution in [-0.2, 0) is 0 Å². The van der Waals surface area contributed by atoms with Gasteiger partial charge in [-0.1, -0.05) is 23.7 Å². The van der Waals surface area contributed by atoms with E-state index in [0.717, 1.165) is 22.4 Å². The van der Waals surface area contributed by atoms with Crippen molar-refractivity contribution in [1.29, 1.82) is 0 Å². The predicted octanol–water partition coefficient (Wildman–Crippen LogP) is 4.06. The molecule has 0 saturated carbocycles. The van der Waals surface area contributed by atoms with Gasteiger partial charge in [0.15, 0.2) is 0 Å². The van der Waals surface area contributed by atoms with Gasteiger partial charge in [0.25, 0.3) is 0 Å². The van der Waals surface area contributed by atoms with E-state index in [4.69, 9.17) is 11.6 Å². The van der Waals surface area contributed by atoms with Crippen molar-refractivity contribution in [1.82, 2.24) is 4.90 Å². The lowest BCUT2D eigenvalue weighted by molar-refractivity contribution is 0.183. The second-order valence-electron chi connectivity index (χ2n) is 5.19. The SMILES string of the molecule is CN1[C@@H]2CC[C@H]1CC(Sc1ccccc1Cl)C2. The van der Waals surface area contributed by atoms with Gasteiger partial charge in [-0.15, -0.1) is 11.8 Å². The average molecular weight is 268 g/mol. The molecule has 1 aromatic carbocycles. The Hall–Kier alpha value is -0.180. The largest absolute Gasteiger partial charge is 0.300 e. The third-order valence-electron chi connectivity index (χ3n) is 4.19. The second kappa shape index (κ2) is 4.83. The Labute approximate surface area is 113 Å². The summed E-state index contributed by atoms with van der Waals surface area (Å²) in [5.41, 5.74) is 0. The molecule has 0 spiro atoms. The summed E-state index contributed by atoms with van der Waals surface area (Å²) in [6.45, 7) is 0. The van der Waals surface area contributed by atoms with Crippen LogP contribution in [0.4, 0.5) is 0 Å². The Kier molecular flexibility index (Phi) is 3.38. The third-order valence-corrected chi connectivity index (χ3v) is 5.96. The highest BCUT2D eigenvalue weighted by molar-refractivity contribution is 8.00. The Morgan fingerprint density at radius 3 is 2.47 bits per heavy atom. The fraction of sp³-hybridized carbons (Fsp3) is 0.571. The molecular formula is C14H18ClNS. The minimum absolute atomic E-state index is 0.753. The Balaban J connectivity index is 1.70. The van der Waals surface area contributed by atoms with Crippen LogP contribution >= 0.6 is 23.4 Å². The van der Waals surface area contributed by atoms with Crippen LogP contribution in [0.25, 0.3) is 0 Å². The van der Waals surface area contributed by atoms with E-state index >= 15 is 0 Å². The molecule has 2 saturated heterocycles. The number of benzene rings is 1. The molecule has 3 heteroatoms. The molecule has 1 nitrogen and oxygen atoms in total. The fourth-order valence-electron chi connectivity index (χ4n) is 3.18. The van der Waals surface area contributed by atoms with Crippen molar-refractivity contribution in [3.63, 3.8) is 0 Å². The number of hydrogen-bond acceptors (Lipinski definition) is 2. The van der Waals surface area contributed by atoms with Crippen molar-refractivity contribution in [2.75, 3.05) is 7.05 Å². The zero-order valence-corrected chi connectivity index (χ0v) is 11.7. The number of rotatable bonds is 2. The van der Waals surface area contributed by atoms with Crippen LogP contribution < -0.4 is 0 Å². The van der Waals surface area contributed by atoms with Gasteiger partial charge < -0.3 is 4.90 Å². The molecule has 92 valence electrons. The number of halogens is 1. The first-order valence-electron chi connectivity index (χ1n) is 6.37. The van der Waals surface area contributed by atoms with Crippen molar-refractivity contribution in [3.8, 4) is 0 Å². The van der Waals surface area contributed by atoms with Gasteiger partial charge in [0.1, 0.15) is 0 Å². The monoisotopic (exact) mass is 267 g/mol. The molecule has 0 aromatic heterocycles. The number of nitrogens with zero attached hydrogens (tertiary/aromatic N) is 1. The second-order valence-corrected chi connectivity index (χ2v) is 6.94. The van der Waals surface area contributed by atoms with Gasteiger partial charge >= 0.3 is 0 Å². The lowest BCUT2D eigenvalue weighted by atomic mass is 10.0. The standard InChI is InChI=1S/C14H18ClNS/c1-16-10-6-7-11(16)9-12(8-10)17-14-5-3-2-4-13(14)15/h2-5,10-12H,6-9H2,1H3/t10-,11+,12?. The molecule has 17 heavy (non-hydrogen) atoms. The van der Waals surface area contributed by atoms with Gasteiger partial charge in [0.05, 0.1) is 5.02 Å². The molecule has 0 radical (unpaired) electrons. The summed E-state index contributed by atoms with van der Waals surface area (Å²) in [6, 6.07) is 9.85. The van der Waals surface area contributed by atoms with E-state index in [0.29, 0.717) is 0 Å². The molecule has 2 aliphatic heterocycles. The Bertz CT molecular complexity index is 395. The van der Waals surface area contributed by atoms with Crippen molar-refractivity contribution in [2.24, 2.45) is 0 Å². The first kappa shape index (κ1) is 11.9. The van der Waals surface area contributed by atoms with Crippen LogP contribution in [0.15, 0.2) is 29.2 Å². The summed E-state index contributed by atoms with van der Waals surface area (Å²) >= 11 is 8.21. The lowest BCUT2D eigenvalue weighted by Gasteiger charge is -2.36. The van der Waals surface area contributed by atoms with Crippen molar-refractivity contribution in [2.45, 2.75) is 47.9 Å². The van der Waals surface area contributed by atoms with Gasteiger partial charge in [-0.05, 0) is 44.9 Å². The maximum atomic E-state index is 6.23. The smallest absolute Gasteiger partial charge is 0.0541 e. The lowest BCUT2D eigenvalue weighted by Crippen LogP contribution is -2.40. The molecule has 1 unspecified atom stereocenters. The Morgan fingerprint density at radius 1 is 1.18 bits per heavy atom. The van der Waals surface area contributed by atoms with Crippen LogP contribution in [0.3, 0.4) is 0 Å². The summed E-state index contributed by atoms with van der Waals surface area (Å²) in [5.74, 6) is 0. The summed E-state index contributed by atoms with van der Waals surface area (Å²) in [4.78, 5) is 3.84. The molecule has 3 rings (SSSR count). The molecule has 2 bridgehead atoms. The number of thioether (sulfide) groups is 1. The molecule has 0 amide bonds. The normalized spacial score (nSPS) is 32.9. The van der Waals surface area contributed by atoms with Crippen molar-refractivity contribution in [3.05, 3.63) is 29.3 Å². The topological polar surface area (TPSA) is 3.24 Å². The van der Waals surface area contributed by atoms with E-state index in [9.17, 15) is 0 Å². The molecular weight excluding hydrogens is 250 g/mol. The maximum absolute atomic E-state index is 6.23. The number of fused-ring (bicyclic) bond motifs is 2. The maximum Gasteiger partial charge on any atom is 0.0541 e. The molecule has 2 fully saturated rings. The van der Waals surface area contributed by atoms with Crippen LogP contribution in [0, 0.1) is 0 Å². The molecule has 2 heterocycles. The number of hydrogen-bond donors (Lipinski definition) is 0. The molecule has 2 aliphatic rings. The highest BCUT2D eigenvalue weighted by Gasteiger charge is 2.38. The summed E-state index contributed by atoms with van der Waals surface area (Å²) < 4.78 is 0. The van der Waals surface area contributed by atoms with E-state index in [1.807, 2.05) is 23.9 Å². The summed E-state index contributed by atoms with van der Waals surface area (Å²) in [7, 11) is 2.29. The van der Waals surface area contributed by atoms with Gasteiger partial charge in [0.2, 0.25) is 0 Å². The highest BCUT2D eigenvalue weighted by Crippen LogP contribution is 2.42. The zero-order chi connectivity index (χ0) is 11.8. The van der Waals surface area contributed by atoms with Crippen LogP contribution in [0.1, 0.15) is 25.7 Å². The predicted molar refractivity (Wildman–Crippen MR) is 74.9 cm³/mol. The first-order valence-corrected chi connectivity index (χ1v) is 7.63. The van der Waals surface area contributed by atoms with E-state index < -0.39 is 0 Å². The van der Waals surface area contributed by atoms with E-state index in [2.05, 4.69) is 24.1 Å². The summed E-state index contributed by atoms with van der Waals surface area (Å²) in [6.07, 6.45) is 5.42. The Morgan fingerprint density at radius 2 is 1.82 bits per heavy atom. The van der Waals surface area contributed by atoms with Crippen LogP contribution in [0.5, 0.6) is 0 Å². The van der Waals surface area contributed by atoms with Crippen LogP contribution in [-0.4, -0.2) is 29.3 Å². The van der Waals surface area contributed by atoms with Gasteiger partial charge in [-0.2, -0.15) is 0 Å². The quantitative estimate of drug-likeness (QED) is 0.795. The van der Waals surface area contributed by atoms with E-state index in [1.54, 1.807) is 0 Å². The number of piperidine rings is 1. The zero-order valence-electron chi connectivity index (χ0n) is 10.1. The van der Waals surface area contributed by atoms with Crippen LogP contribution in [0.2, 0.25) is 5.02 Å². The van der Waals surface area contributed by atoms with Gasteiger partial charge in [-0.25, -0.2) is 0 Å². The summed E-state index contributed by atoms with van der Waals surface area (Å²) in [5, 5.41) is 1.66. The van der Waals surface area contributed by atoms with Gasteiger partial charge in [0, 0.05) is 22.2 Å². The molecule has 3 atom stereocenters. The first-order chi connectivity index (χ1) is 8.24. The third kappa shape index (κ3) is 2.35. The van der Waals surface area contributed by atoms with Crippen molar-refractivity contribution < 1.29 is 0 Å². The minimum Gasteiger partial charge on any atom is -0.300 e. The van der Waals surface area contributed by atoms with E-state index in [-0.39, 0.29) is 0 Å². The van der Waals surface area contributed by atoms with Crippen molar-refractivity contribution >= 4 is 23.4 Å². The minimum atomic E-state index is 0.753. The molecule has 0 aliphatic carbocycles. The average Bonchev–Trinajstić information content (AvgIpc) is 2.55. The highest BCUT2D eigenvalue weighted by atomic mass is 35.5.